The van der Waals surface area contributed by atoms with Crippen LogP contribution in [0.25, 0.3) is 0 Å². The normalized spacial score (nSPS) is 11.6. The third-order valence-electron chi connectivity index (χ3n) is 3.08. The van der Waals surface area contributed by atoms with Crippen LogP contribution in [0.2, 0.25) is 0 Å². The fourth-order valence-electron chi connectivity index (χ4n) is 1.96. The summed E-state index contributed by atoms with van der Waals surface area (Å²) in [6.45, 7) is 4.78. The lowest BCUT2D eigenvalue weighted by molar-refractivity contribution is -0.137. The maximum absolute atomic E-state index is 11.4. The van der Waals surface area contributed by atoms with E-state index in [9.17, 15) is 4.79 Å². The average Bonchev–Trinajstić information content (AvgIpc) is 2.37. The summed E-state index contributed by atoms with van der Waals surface area (Å²) in [5, 5.41) is 0. The van der Waals surface area contributed by atoms with Crippen LogP contribution in [0.3, 0.4) is 0 Å². The summed E-state index contributed by atoms with van der Waals surface area (Å²) in [5.74, 6) is -0.297. The molecule has 0 aromatic heterocycles. The van der Waals surface area contributed by atoms with Gasteiger partial charge in [-0.15, -0.1) is 0 Å². The van der Waals surface area contributed by atoms with E-state index >= 15 is 0 Å². The molecule has 0 fully saturated rings. The second kappa shape index (κ2) is 13.4. The Morgan fingerprint density at radius 2 is 1.53 bits per heavy atom. The first-order chi connectivity index (χ1) is 9.20. The van der Waals surface area contributed by atoms with Gasteiger partial charge in [0.25, 0.3) is 0 Å². The highest BCUT2D eigenvalue weighted by Crippen LogP contribution is 2.08. The topological polar surface area (TPSA) is 52.3 Å². The minimum atomic E-state index is -0.297. The number of allylic oxidation sites excluding steroid dienone is 1. The summed E-state index contributed by atoms with van der Waals surface area (Å²) in [6, 6.07) is 0. The summed E-state index contributed by atoms with van der Waals surface area (Å²) < 4.78 is 5.11. The van der Waals surface area contributed by atoms with Gasteiger partial charge in [0, 0.05) is 11.8 Å². The van der Waals surface area contributed by atoms with Crippen molar-refractivity contribution in [1.29, 1.82) is 0 Å². The Kier molecular flexibility index (Phi) is 12.7. The van der Waals surface area contributed by atoms with Crippen molar-refractivity contribution in [3.05, 3.63) is 11.8 Å². The molecule has 0 aromatic carbocycles. The van der Waals surface area contributed by atoms with Gasteiger partial charge in [-0.1, -0.05) is 65.2 Å². The Hall–Kier alpha value is -0.990. The van der Waals surface area contributed by atoms with Gasteiger partial charge >= 0.3 is 5.97 Å². The van der Waals surface area contributed by atoms with Gasteiger partial charge in [0.2, 0.25) is 0 Å². The van der Waals surface area contributed by atoms with Crippen LogP contribution in [0.1, 0.15) is 78.1 Å². The largest absolute Gasteiger partial charge is 0.462 e. The number of ether oxygens (including phenoxy) is 1. The quantitative estimate of drug-likeness (QED) is 0.326. The van der Waals surface area contributed by atoms with Crippen LogP contribution in [0.15, 0.2) is 11.8 Å². The molecule has 0 radical (unpaired) electrons. The predicted molar refractivity (Wildman–Crippen MR) is 80.7 cm³/mol. The van der Waals surface area contributed by atoms with Crippen LogP contribution in [-0.2, 0) is 9.53 Å². The first-order valence-corrected chi connectivity index (χ1v) is 7.83. The van der Waals surface area contributed by atoms with Crippen molar-refractivity contribution in [3.63, 3.8) is 0 Å². The van der Waals surface area contributed by atoms with Crippen LogP contribution in [-0.4, -0.2) is 12.6 Å². The van der Waals surface area contributed by atoms with Gasteiger partial charge < -0.3 is 10.5 Å². The van der Waals surface area contributed by atoms with Crippen LogP contribution in [0, 0.1) is 0 Å². The molecule has 0 unspecified atom stereocenters. The van der Waals surface area contributed by atoms with Crippen molar-refractivity contribution in [2.24, 2.45) is 5.73 Å². The van der Waals surface area contributed by atoms with E-state index in [2.05, 4.69) is 6.92 Å². The molecule has 0 bridgehead atoms. The Bertz CT molecular complexity index is 249. The molecule has 0 spiro atoms. The molecule has 0 aliphatic heterocycles. The average molecular weight is 269 g/mol. The van der Waals surface area contributed by atoms with Crippen molar-refractivity contribution in [1.82, 2.24) is 0 Å². The number of carbonyl (C=O) groups is 1. The number of unbranched alkanes of at least 4 members (excludes halogenated alkanes) is 7. The van der Waals surface area contributed by atoms with Gasteiger partial charge in [0.1, 0.15) is 0 Å². The van der Waals surface area contributed by atoms with Crippen LogP contribution in [0.5, 0.6) is 0 Å². The minimum absolute atomic E-state index is 0.297. The molecule has 112 valence electrons. The van der Waals surface area contributed by atoms with Crippen molar-refractivity contribution < 1.29 is 9.53 Å². The van der Waals surface area contributed by atoms with Crippen molar-refractivity contribution in [2.75, 3.05) is 6.61 Å². The molecular weight excluding hydrogens is 238 g/mol. The highest BCUT2D eigenvalue weighted by Gasteiger charge is 1.99. The Labute approximate surface area is 118 Å². The summed E-state index contributed by atoms with van der Waals surface area (Å²) in [4.78, 5) is 11.4. The van der Waals surface area contributed by atoms with E-state index in [-0.39, 0.29) is 5.97 Å². The first-order valence-electron chi connectivity index (χ1n) is 7.83. The number of hydrogen-bond donors (Lipinski definition) is 1. The maximum Gasteiger partial charge on any atom is 0.332 e. The first kappa shape index (κ1) is 18.0. The van der Waals surface area contributed by atoms with Gasteiger partial charge in [0.05, 0.1) is 6.61 Å². The van der Waals surface area contributed by atoms with Gasteiger partial charge in [0.15, 0.2) is 0 Å². The fourth-order valence-corrected chi connectivity index (χ4v) is 1.96. The molecule has 0 aliphatic carbocycles. The molecule has 0 aromatic rings. The maximum atomic E-state index is 11.4. The second-order valence-corrected chi connectivity index (χ2v) is 5.11. The lowest BCUT2D eigenvalue weighted by Crippen LogP contribution is -2.07. The van der Waals surface area contributed by atoms with Crippen LogP contribution in [0.4, 0.5) is 0 Å². The summed E-state index contributed by atoms with van der Waals surface area (Å²) in [5.41, 5.74) is 6.27. The number of carbonyl (C=O) groups excluding carboxylic acids is 1. The van der Waals surface area contributed by atoms with Crippen LogP contribution < -0.4 is 5.73 Å². The molecule has 0 aliphatic rings. The highest BCUT2D eigenvalue weighted by atomic mass is 16.5. The van der Waals surface area contributed by atoms with E-state index in [4.69, 9.17) is 10.5 Å². The van der Waals surface area contributed by atoms with E-state index in [1.54, 1.807) is 0 Å². The summed E-state index contributed by atoms with van der Waals surface area (Å²) in [7, 11) is 0. The van der Waals surface area contributed by atoms with Crippen molar-refractivity contribution in [3.8, 4) is 0 Å². The second-order valence-electron chi connectivity index (χ2n) is 5.11. The summed E-state index contributed by atoms with van der Waals surface area (Å²) in [6.07, 6.45) is 13.1. The summed E-state index contributed by atoms with van der Waals surface area (Å²) >= 11 is 0. The van der Waals surface area contributed by atoms with E-state index < -0.39 is 0 Å². The zero-order valence-electron chi connectivity index (χ0n) is 12.7. The van der Waals surface area contributed by atoms with Gasteiger partial charge in [-0.3, -0.25) is 0 Å². The standard InChI is InChI=1S/C16H31NO2/c1-3-5-6-7-8-9-10-11-13-19-16(18)14-15(17)12-4-2/h14H,3-13,17H2,1-2H3/b15-14+. The number of rotatable bonds is 12. The molecule has 3 nitrogen and oxygen atoms in total. The highest BCUT2D eigenvalue weighted by molar-refractivity contribution is 5.82. The van der Waals surface area contributed by atoms with Gasteiger partial charge in [-0.2, -0.15) is 0 Å². The van der Waals surface area contributed by atoms with E-state index in [1.165, 1.54) is 44.6 Å². The van der Waals surface area contributed by atoms with E-state index in [1.807, 2.05) is 6.92 Å². The van der Waals surface area contributed by atoms with Crippen LogP contribution >= 0.6 is 0 Å². The SMILES string of the molecule is CCCCCCCCCCOC(=O)/C=C(/N)CCC. The Morgan fingerprint density at radius 1 is 0.947 bits per heavy atom. The lowest BCUT2D eigenvalue weighted by atomic mass is 10.1. The number of hydrogen-bond acceptors (Lipinski definition) is 3. The third kappa shape index (κ3) is 13.2. The smallest absolute Gasteiger partial charge is 0.332 e. The minimum Gasteiger partial charge on any atom is -0.462 e. The van der Waals surface area contributed by atoms with E-state index in [0.717, 1.165) is 25.7 Å². The number of nitrogens with two attached hydrogens (primary N) is 1. The van der Waals surface area contributed by atoms with Crippen molar-refractivity contribution >= 4 is 5.97 Å². The van der Waals surface area contributed by atoms with Crippen molar-refractivity contribution in [2.45, 2.75) is 78.1 Å². The molecule has 0 saturated heterocycles. The Morgan fingerprint density at radius 3 is 2.11 bits per heavy atom. The zero-order valence-corrected chi connectivity index (χ0v) is 12.7. The molecule has 19 heavy (non-hydrogen) atoms. The predicted octanol–water partition coefficient (Wildman–Crippen LogP) is 4.31. The molecule has 0 saturated carbocycles. The molecule has 2 N–H and O–H groups in total. The zero-order chi connectivity index (χ0) is 14.3. The molecule has 3 heteroatoms. The monoisotopic (exact) mass is 269 g/mol. The molecular formula is C16H31NO2. The van der Waals surface area contributed by atoms with E-state index in [0.29, 0.717) is 12.3 Å². The number of esters is 1. The molecule has 0 heterocycles. The molecule has 0 rings (SSSR count). The third-order valence-corrected chi connectivity index (χ3v) is 3.08. The molecule has 0 atom stereocenters. The fraction of sp³-hybridized carbons (Fsp3) is 0.812. The Balaban J connectivity index is 3.34. The molecule has 0 amide bonds. The van der Waals surface area contributed by atoms with Gasteiger partial charge in [-0.25, -0.2) is 4.79 Å². The lowest BCUT2D eigenvalue weighted by Gasteiger charge is -2.03. The van der Waals surface area contributed by atoms with Gasteiger partial charge in [-0.05, 0) is 12.8 Å².